The van der Waals surface area contributed by atoms with Crippen molar-refractivity contribution in [2.75, 3.05) is 18.8 Å². The van der Waals surface area contributed by atoms with Crippen LogP contribution in [0.4, 0.5) is 0 Å². The molecule has 0 aromatic rings. The highest BCUT2D eigenvalue weighted by atomic mass is 32.2. The molecule has 4 nitrogen and oxygen atoms in total. The van der Waals surface area contributed by atoms with Crippen molar-refractivity contribution in [3.05, 3.63) is 0 Å². The van der Waals surface area contributed by atoms with E-state index in [1.165, 1.54) is 0 Å². The van der Waals surface area contributed by atoms with E-state index < -0.39 is 15.6 Å². The van der Waals surface area contributed by atoms with Gasteiger partial charge in [-0.1, -0.05) is 27.7 Å². The second-order valence-corrected chi connectivity index (χ2v) is 8.99. The maximum absolute atomic E-state index is 12.0. The minimum atomic E-state index is -3.19. The molecule has 0 amide bonds. The fraction of sp³-hybridized carbons (Fsp3) is 1.00. The summed E-state index contributed by atoms with van der Waals surface area (Å²) in [6, 6.07) is 0. The maximum atomic E-state index is 12.0. The van der Waals surface area contributed by atoms with Gasteiger partial charge < -0.3 is 5.32 Å². The summed E-state index contributed by atoms with van der Waals surface area (Å²) in [6.45, 7) is 14.1. The average Bonchev–Trinajstić information content (AvgIpc) is 2.10. The molecule has 19 heavy (non-hydrogen) atoms. The Morgan fingerprint density at radius 3 is 2.05 bits per heavy atom. The minimum absolute atomic E-state index is 0.106. The standard InChI is InChI=1S/C14H32N2O2S/c1-7-9-15-10-8-11-19(17,18)16-14(5,6)12-13(2,3)4/h15-16H,7-12H2,1-6H3. The quantitative estimate of drug-likeness (QED) is 0.642. The van der Waals surface area contributed by atoms with Crippen molar-refractivity contribution >= 4 is 10.0 Å². The second kappa shape index (κ2) is 7.60. The van der Waals surface area contributed by atoms with Gasteiger partial charge in [0, 0.05) is 5.54 Å². The smallest absolute Gasteiger partial charge is 0.212 e. The monoisotopic (exact) mass is 292 g/mol. The van der Waals surface area contributed by atoms with Crippen molar-refractivity contribution in [1.29, 1.82) is 0 Å². The molecule has 0 bridgehead atoms. The van der Waals surface area contributed by atoms with Crippen LogP contribution in [0.15, 0.2) is 0 Å². The Morgan fingerprint density at radius 1 is 1.00 bits per heavy atom. The third kappa shape index (κ3) is 11.4. The lowest BCUT2D eigenvalue weighted by atomic mass is 9.82. The summed E-state index contributed by atoms with van der Waals surface area (Å²) < 4.78 is 26.9. The highest BCUT2D eigenvalue weighted by Crippen LogP contribution is 2.27. The Bertz CT molecular complexity index is 343. The third-order valence-corrected chi connectivity index (χ3v) is 4.29. The zero-order valence-electron chi connectivity index (χ0n) is 13.5. The highest BCUT2D eigenvalue weighted by Gasteiger charge is 2.29. The molecular weight excluding hydrogens is 260 g/mol. The minimum Gasteiger partial charge on any atom is -0.317 e. The third-order valence-electron chi connectivity index (χ3n) is 2.60. The van der Waals surface area contributed by atoms with Crippen LogP contribution in [-0.2, 0) is 10.0 Å². The number of nitrogens with one attached hydrogen (secondary N) is 2. The molecule has 0 heterocycles. The number of rotatable bonds is 9. The highest BCUT2D eigenvalue weighted by molar-refractivity contribution is 7.89. The molecule has 0 spiro atoms. The van der Waals surface area contributed by atoms with Gasteiger partial charge in [-0.3, -0.25) is 0 Å². The van der Waals surface area contributed by atoms with E-state index in [-0.39, 0.29) is 11.2 Å². The van der Waals surface area contributed by atoms with Crippen LogP contribution in [0.5, 0.6) is 0 Å². The molecule has 2 N–H and O–H groups in total. The van der Waals surface area contributed by atoms with Gasteiger partial charge in [-0.05, 0) is 51.6 Å². The molecule has 0 saturated heterocycles. The van der Waals surface area contributed by atoms with E-state index in [9.17, 15) is 8.42 Å². The molecule has 0 aliphatic rings. The van der Waals surface area contributed by atoms with E-state index in [0.717, 1.165) is 25.9 Å². The molecule has 0 aliphatic carbocycles. The zero-order valence-corrected chi connectivity index (χ0v) is 14.3. The van der Waals surface area contributed by atoms with E-state index in [0.29, 0.717) is 6.42 Å². The predicted octanol–water partition coefficient (Wildman–Crippen LogP) is 2.51. The van der Waals surface area contributed by atoms with Crippen molar-refractivity contribution in [3.8, 4) is 0 Å². The molecule has 0 aromatic carbocycles. The lowest BCUT2D eigenvalue weighted by Gasteiger charge is -2.33. The Balaban J connectivity index is 4.21. The fourth-order valence-electron chi connectivity index (χ4n) is 2.52. The molecule has 0 fully saturated rings. The average molecular weight is 292 g/mol. The summed E-state index contributed by atoms with van der Waals surface area (Å²) in [6.07, 6.45) is 2.54. The largest absolute Gasteiger partial charge is 0.317 e. The molecule has 0 aliphatic heterocycles. The molecule has 116 valence electrons. The van der Waals surface area contributed by atoms with Crippen LogP contribution < -0.4 is 10.0 Å². The maximum Gasteiger partial charge on any atom is 0.212 e. The van der Waals surface area contributed by atoms with E-state index >= 15 is 0 Å². The van der Waals surface area contributed by atoms with Gasteiger partial charge in [-0.2, -0.15) is 0 Å². The van der Waals surface area contributed by atoms with Gasteiger partial charge in [0.05, 0.1) is 5.75 Å². The van der Waals surface area contributed by atoms with Crippen LogP contribution in [0.1, 0.15) is 60.8 Å². The second-order valence-electron chi connectivity index (χ2n) is 7.15. The van der Waals surface area contributed by atoms with Crippen LogP contribution in [0.25, 0.3) is 0 Å². The molecule has 0 saturated carbocycles. The summed E-state index contributed by atoms with van der Waals surface area (Å²) in [4.78, 5) is 0. The molecule has 0 radical (unpaired) electrons. The van der Waals surface area contributed by atoms with Gasteiger partial charge in [0.15, 0.2) is 0 Å². The van der Waals surface area contributed by atoms with Crippen molar-refractivity contribution < 1.29 is 8.42 Å². The van der Waals surface area contributed by atoms with Crippen LogP contribution >= 0.6 is 0 Å². The number of hydrogen-bond donors (Lipinski definition) is 2. The normalized spacial score (nSPS) is 13.8. The van der Waals surface area contributed by atoms with Crippen molar-refractivity contribution in [2.45, 2.75) is 66.3 Å². The molecular formula is C14H32N2O2S. The fourth-order valence-corrected chi connectivity index (χ4v) is 4.06. The van der Waals surface area contributed by atoms with Gasteiger partial charge in [-0.15, -0.1) is 0 Å². The first-order chi connectivity index (χ1) is 8.47. The lowest BCUT2D eigenvalue weighted by Crippen LogP contribution is -2.46. The van der Waals surface area contributed by atoms with E-state index in [2.05, 4.69) is 37.7 Å². The summed E-state index contributed by atoms with van der Waals surface area (Å²) >= 11 is 0. The molecule has 0 atom stereocenters. The topological polar surface area (TPSA) is 58.2 Å². The molecule has 0 aromatic heterocycles. The summed E-state index contributed by atoms with van der Waals surface area (Å²) in [5.41, 5.74) is -0.289. The first-order valence-corrected chi connectivity index (χ1v) is 8.85. The SMILES string of the molecule is CCCNCCCS(=O)(=O)NC(C)(C)CC(C)(C)C. The Hall–Kier alpha value is -0.130. The van der Waals surface area contributed by atoms with Gasteiger partial charge >= 0.3 is 0 Å². The first-order valence-electron chi connectivity index (χ1n) is 7.20. The molecule has 5 heteroatoms. The van der Waals surface area contributed by atoms with E-state index in [4.69, 9.17) is 0 Å². The van der Waals surface area contributed by atoms with Gasteiger partial charge in [0.25, 0.3) is 0 Å². The van der Waals surface area contributed by atoms with E-state index in [1.54, 1.807) is 0 Å². The van der Waals surface area contributed by atoms with Crippen LogP contribution in [0.3, 0.4) is 0 Å². The molecule has 0 unspecified atom stereocenters. The summed E-state index contributed by atoms with van der Waals surface area (Å²) in [5, 5.41) is 3.22. The lowest BCUT2D eigenvalue weighted by molar-refractivity contribution is 0.269. The Morgan fingerprint density at radius 2 is 1.58 bits per heavy atom. The Kier molecular flexibility index (Phi) is 7.55. The van der Waals surface area contributed by atoms with Gasteiger partial charge in [-0.25, -0.2) is 13.1 Å². The summed E-state index contributed by atoms with van der Waals surface area (Å²) in [7, 11) is -3.19. The molecule has 0 rings (SSSR count). The van der Waals surface area contributed by atoms with E-state index in [1.807, 2.05) is 13.8 Å². The van der Waals surface area contributed by atoms with Crippen LogP contribution in [0, 0.1) is 5.41 Å². The van der Waals surface area contributed by atoms with Crippen LogP contribution in [0.2, 0.25) is 0 Å². The Labute approximate surface area is 119 Å². The summed E-state index contributed by atoms with van der Waals surface area (Å²) in [5.74, 6) is 0.192. The van der Waals surface area contributed by atoms with Crippen LogP contribution in [-0.4, -0.2) is 32.8 Å². The van der Waals surface area contributed by atoms with Gasteiger partial charge in [0.1, 0.15) is 0 Å². The number of sulfonamides is 1. The number of hydrogen-bond acceptors (Lipinski definition) is 3. The van der Waals surface area contributed by atoms with Crippen molar-refractivity contribution in [1.82, 2.24) is 10.0 Å². The van der Waals surface area contributed by atoms with Crippen molar-refractivity contribution in [3.63, 3.8) is 0 Å². The first kappa shape index (κ1) is 18.9. The predicted molar refractivity (Wildman–Crippen MR) is 82.9 cm³/mol. The van der Waals surface area contributed by atoms with Crippen molar-refractivity contribution in [2.24, 2.45) is 5.41 Å². The van der Waals surface area contributed by atoms with Gasteiger partial charge in [0.2, 0.25) is 10.0 Å². The zero-order chi connectivity index (χ0) is 15.2.